The average Bonchev–Trinajstić information content (AvgIpc) is 3.25. The Hall–Kier alpha value is -2.57. The number of H-pyrrole nitrogens is 1. The van der Waals surface area contributed by atoms with Crippen LogP contribution in [0, 0.1) is 6.92 Å². The number of ether oxygens (including phenoxy) is 2. The fraction of sp³-hybridized carbons (Fsp3) is 0.316. The van der Waals surface area contributed by atoms with E-state index < -0.39 is 0 Å². The lowest BCUT2D eigenvalue weighted by molar-refractivity contribution is 0.146. The van der Waals surface area contributed by atoms with E-state index in [1.807, 2.05) is 37.4 Å². The standard InChI is InChI=1S/C19H23N3O3/c1-14-3-8-18(25-14)19-16(13-21-22-19)12-20-11-15-4-6-17(7-5-15)24-10-9-23-2/h3-8,13,20H,9-12H2,1-2H3,(H,21,22). The van der Waals surface area contributed by atoms with Crippen molar-refractivity contribution in [3.63, 3.8) is 0 Å². The molecular formula is C19H23N3O3. The average molecular weight is 341 g/mol. The van der Waals surface area contributed by atoms with E-state index in [2.05, 4.69) is 27.6 Å². The molecular weight excluding hydrogens is 318 g/mol. The highest BCUT2D eigenvalue weighted by Crippen LogP contribution is 2.23. The zero-order valence-corrected chi connectivity index (χ0v) is 14.5. The van der Waals surface area contributed by atoms with Crippen LogP contribution in [-0.4, -0.2) is 30.5 Å². The highest BCUT2D eigenvalue weighted by Gasteiger charge is 2.10. The SMILES string of the molecule is COCCOc1ccc(CNCc2cn[nH]c2-c2ccc(C)o2)cc1. The fourth-order valence-corrected chi connectivity index (χ4v) is 2.52. The fourth-order valence-electron chi connectivity index (χ4n) is 2.52. The molecule has 0 atom stereocenters. The molecule has 0 saturated heterocycles. The second kappa shape index (κ2) is 8.50. The summed E-state index contributed by atoms with van der Waals surface area (Å²) in [7, 11) is 1.66. The number of aromatic amines is 1. The first kappa shape index (κ1) is 17.3. The van der Waals surface area contributed by atoms with Crippen LogP contribution in [-0.2, 0) is 17.8 Å². The van der Waals surface area contributed by atoms with Gasteiger partial charge in [-0.3, -0.25) is 5.10 Å². The van der Waals surface area contributed by atoms with Crippen molar-refractivity contribution in [3.05, 3.63) is 59.5 Å². The van der Waals surface area contributed by atoms with Gasteiger partial charge in [0.2, 0.25) is 0 Å². The van der Waals surface area contributed by atoms with E-state index in [9.17, 15) is 0 Å². The molecule has 2 aromatic heterocycles. The molecule has 25 heavy (non-hydrogen) atoms. The molecule has 0 saturated carbocycles. The molecule has 2 heterocycles. The molecule has 1 aromatic carbocycles. The van der Waals surface area contributed by atoms with Gasteiger partial charge in [0.1, 0.15) is 23.8 Å². The Morgan fingerprint density at radius 3 is 2.64 bits per heavy atom. The molecule has 0 aliphatic rings. The molecule has 0 aliphatic carbocycles. The summed E-state index contributed by atoms with van der Waals surface area (Å²) >= 11 is 0. The highest BCUT2D eigenvalue weighted by molar-refractivity contribution is 5.56. The number of methoxy groups -OCH3 is 1. The van der Waals surface area contributed by atoms with Crippen molar-refractivity contribution < 1.29 is 13.9 Å². The van der Waals surface area contributed by atoms with Crippen molar-refractivity contribution in [1.29, 1.82) is 0 Å². The third-order valence-corrected chi connectivity index (χ3v) is 3.83. The van der Waals surface area contributed by atoms with E-state index in [4.69, 9.17) is 13.9 Å². The normalized spacial score (nSPS) is 11.0. The van der Waals surface area contributed by atoms with Crippen molar-refractivity contribution >= 4 is 0 Å². The molecule has 2 N–H and O–H groups in total. The van der Waals surface area contributed by atoms with Crippen LogP contribution in [0.3, 0.4) is 0 Å². The molecule has 0 radical (unpaired) electrons. The summed E-state index contributed by atoms with van der Waals surface area (Å²) in [6.45, 7) is 4.55. The van der Waals surface area contributed by atoms with Crippen molar-refractivity contribution in [2.45, 2.75) is 20.0 Å². The maximum Gasteiger partial charge on any atom is 0.152 e. The minimum absolute atomic E-state index is 0.559. The second-order valence-electron chi connectivity index (χ2n) is 5.77. The van der Waals surface area contributed by atoms with Gasteiger partial charge in [0.05, 0.1) is 12.8 Å². The van der Waals surface area contributed by atoms with Gasteiger partial charge in [-0.1, -0.05) is 12.1 Å². The van der Waals surface area contributed by atoms with E-state index >= 15 is 0 Å². The van der Waals surface area contributed by atoms with E-state index in [0.717, 1.165) is 35.1 Å². The summed E-state index contributed by atoms with van der Waals surface area (Å²) in [6.07, 6.45) is 1.83. The van der Waals surface area contributed by atoms with Gasteiger partial charge in [0.25, 0.3) is 0 Å². The molecule has 0 aliphatic heterocycles. The molecule has 0 spiro atoms. The topological polar surface area (TPSA) is 72.3 Å². The Bertz CT molecular complexity index is 777. The van der Waals surface area contributed by atoms with Crippen LogP contribution in [0.1, 0.15) is 16.9 Å². The quantitative estimate of drug-likeness (QED) is 0.584. The van der Waals surface area contributed by atoms with Crippen LogP contribution < -0.4 is 10.1 Å². The number of hydrogen-bond acceptors (Lipinski definition) is 5. The summed E-state index contributed by atoms with van der Waals surface area (Å²) in [6, 6.07) is 12.0. The number of rotatable bonds is 9. The predicted molar refractivity (Wildman–Crippen MR) is 95.4 cm³/mol. The maximum atomic E-state index is 5.66. The third kappa shape index (κ3) is 4.71. The lowest BCUT2D eigenvalue weighted by atomic mass is 10.2. The number of aromatic nitrogens is 2. The van der Waals surface area contributed by atoms with E-state index in [0.29, 0.717) is 19.8 Å². The van der Waals surface area contributed by atoms with Gasteiger partial charge in [-0.05, 0) is 36.8 Å². The Balaban J connectivity index is 1.51. The van der Waals surface area contributed by atoms with Crippen molar-refractivity contribution in [1.82, 2.24) is 15.5 Å². The van der Waals surface area contributed by atoms with Crippen LogP contribution in [0.2, 0.25) is 0 Å². The van der Waals surface area contributed by atoms with Gasteiger partial charge < -0.3 is 19.2 Å². The van der Waals surface area contributed by atoms with Crippen molar-refractivity contribution in [2.75, 3.05) is 20.3 Å². The molecule has 3 rings (SSSR count). The van der Waals surface area contributed by atoms with Gasteiger partial charge in [0, 0.05) is 25.8 Å². The number of furan rings is 1. The van der Waals surface area contributed by atoms with Crippen LogP contribution in [0.25, 0.3) is 11.5 Å². The summed E-state index contributed by atoms with van der Waals surface area (Å²) < 4.78 is 16.2. The number of aryl methyl sites for hydroxylation is 1. The number of nitrogens with zero attached hydrogens (tertiary/aromatic N) is 1. The number of nitrogens with one attached hydrogen (secondary N) is 2. The summed E-state index contributed by atoms with van der Waals surface area (Å²) in [5.74, 6) is 2.55. The van der Waals surface area contributed by atoms with Gasteiger partial charge in [-0.25, -0.2) is 0 Å². The number of hydrogen-bond donors (Lipinski definition) is 2. The predicted octanol–water partition coefficient (Wildman–Crippen LogP) is 3.29. The highest BCUT2D eigenvalue weighted by atomic mass is 16.5. The Kier molecular flexibility index (Phi) is 5.87. The van der Waals surface area contributed by atoms with Gasteiger partial charge in [-0.2, -0.15) is 5.10 Å². The van der Waals surface area contributed by atoms with E-state index in [-0.39, 0.29) is 0 Å². The zero-order valence-electron chi connectivity index (χ0n) is 14.5. The van der Waals surface area contributed by atoms with E-state index in [1.54, 1.807) is 7.11 Å². The third-order valence-electron chi connectivity index (χ3n) is 3.83. The lowest BCUT2D eigenvalue weighted by Gasteiger charge is -2.08. The smallest absolute Gasteiger partial charge is 0.152 e. The van der Waals surface area contributed by atoms with Crippen LogP contribution in [0.15, 0.2) is 47.0 Å². The number of benzene rings is 1. The van der Waals surface area contributed by atoms with Gasteiger partial charge in [0.15, 0.2) is 5.76 Å². The first-order chi connectivity index (χ1) is 12.3. The minimum Gasteiger partial charge on any atom is -0.491 e. The van der Waals surface area contributed by atoms with Crippen LogP contribution in [0.5, 0.6) is 5.75 Å². The molecule has 0 amide bonds. The largest absolute Gasteiger partial charge is 0.491 e. The molecule has 0 bridgehead atoms. The molecule has 0 fully saturated rings. The van der Waals surface area contributed by atoms with Gasteiger partial charge >= 0.3 is 0 Å². The summed E-state index contributed by atoms with van der Waals surface area (Å²) in [5, 5.41) is 10.6. The summed E-state index contributed by atoms with van der Waals surface area (Å²) in [4.78, 5) is 0. The van der Waals surface area contributed by atoms with Crippen LogP contribution in [0.4, 0.5) is 0 Å². The molecule has 132 valence electrons. The Morgan fingerprint density at radius 1 is 1.08 bits per heavy atom. The maximum absolute atomic E-state index is 5.66. The lowest BCUT2D eigenvalue weighted by Crippen LogP contribution is -2.12. The molecule has 3 aromatic rings. The van der Waals surface area contributed by atoms with Crippen LogP contribution >= 0.6 is 0 Å². The Morgan fingerprint density at radius 2 is 1.92 bits per heavy atom. The molecule has 6 heteroatoms. The Labute approximate surface area is 147 Å². The van der Waals surface area contributed by atoms with Gasteiger partial charge in [-0.15, -0.1) is 0 Å². The van der Waals surface area contributed by atoms with Crippen molar-refractivity contribution in [3.8, 4) is 17.2 Å². The monoisotopic (exact) mass is 341 g/mol. The molecule has 6 nitrogen and oxygen atoms in total. The first-order valence-electron chi connectivity index (χ1n) is 8.26. The summed E-state index contributed by atoms with van der Waals surface area (Å²) in [5.41, 5.74) is 3.19. The van der Waals surface area contributed by atoms with E-state index in [1.165, 1.54) is 5.56 Å². The molecule has 0 unspecified atom stereocenters. The van der Waals surface area contributed by atoms with Crippen molar-refractivity contribution in [2.24, 2.45) is 0 Å². The second-order valence-corrected chi connectivity index (χ2v) is 5.77. The first-order valence-corrected chi connectivity index (χ1v) is 8.26. The zero-order chi connectivity index (χ0) is 17.5. The minimum atomic E-state index is 0.559.